The number of aromatic amines is 1. The molecule has 0 fully saturated rings. The normalized spacial score (nSPS) is 12.3. The predicted octanol–water partition coefficient (Wildman–Crippen LogP) is 0.943. The van der Waals surface area contributed by atoms with Gasteiger partial charge >= 0.3 is 5.97 Å². The molecule has 0 radical (unpaired) electrons. The van der Waals surface area contributed by atoms with Gasteiger partial charge in [-0.15, -0.1) is 0 Å². The topological polar surface area (TPSA) is 121 Å². The van der Waals surface area contributed by atoms with Gasteiger partial charge in [0.25, 0.3) is 11.1 Å². The van der Waals surface area contributed by atoms with Crippen LogP contribution in [0.25, 0.3) is 10.8 Å². The van der Waals surface area contributed by atoms with Crippen LogP contribution in [0.1, 0.15) is 26.7 Å². The molecule has 26 heavy (non-hydrogen) atoms. The van der Waals surface area contributed by atoms with Gasteiger partial charge in [0.05, 0.1) is 23.2 Å². The first-order valence-corrected chi connectivity index (χ1v) is 8.51. The summed E-state index contributed by atoms with van der Waals surface area (Å²) in [7, 11) is 0. The van der Waals surface area contributed by atoms with E-state index >= 15 is 0 Å². The lowest BCUT2D eigenvalue weighted by Gasteiger charge is -2.15. The molecule has 1 heterocycles. The van der Waals surface area contributed by atoms with E-state index < -0.39 is 17.4 Å². The molecule has 8 heteroatoms. The number of carboxylic acid groups (broad SMARTS) is 1. The van der Waals surface area contributed by atoms with Gasteiger partial charge in [0, 0.05) is 13.0 Å². The second-order valence-corrected chi connectivity index (χ2v) is 6.66. The van der Waals surface area contributed by atoms with Crippen molar-refractivity contribution in [3.63, 3.8) is 0 Å². The van der Waals surface area contributed by atoms with Crippen molar-refractivity contribution in [3.8, 4) is 0 Å². The van der Waals surface area contributed by atoms with E-state index in [0.717, 1.165) is 4.68 Å². The third-order valence-corrected chi connectivity index (χ3v) is 4.10. The van der Waals surface area contributed by atoms with Crippen LogP contribution in [0, 0.1) is 11.8 Å². The standard InChI is InChI=1S/C18H23N3O5/c1-11(2)9-12(18(25)26)10-19-15(22)7-8-21-17(24)14-6-4-3-5-13(14)16(23)20-21/h3-6,11-12H,7-10H2,1-2H3,(H,19,22)(H,20,23)(H,25,26). The van der Waals surface area contributed by atoms with Gasteiger partial charge in [-0.2, -0.15) is 0 Å². The van der Waals surface area contributed by atoms with E-state index in [1.807, 2.05) is 13.8 Å². The van der Waals surface area contributed by atoms with E-state index in [1.165, 1.54) is 0 Å². The van der Waals surface area contributed by atoms with E-state index in [9.17, 15) is 24.3 Å². The molecule has 1 unspecified atom stereocenters. The fourth-order valence-corrected chi connectivity index (χ4v) is 2.78. The fourth-order valence-electron chi connectivity index (χ4n) is 2.78. The monoisotopic (exact) mass is 361 g/mol. The van der Waals surface area contributed by atoms with Gasteiger partial charge in [0.2, 0.25) is 5.91 Å². The van der Waals surface area contributed by atoms with Gasteiger partial charge in [-0.1, -0.05) is 26.0 Å². The van der Waals surface area contributed by atoms with Gasteiger partial charge in [0.1, 0.15) is 0 Å². The zero-order chi connectivity index (χ0) is 19.3. The number of nitrogens with one attached hydrogen (secondary N) is 2. The number of hydrogen-bond acceptors (Lipinski definition) is 4. The third kappa shape index (κ3) is 4.81. The molecule has 0 aliphatic carbocycles. The first-order valence-electron chi connectivity index (χ1n) is 8.51. The minimum atomic E-state index is -0.950. The highest BCUT2D eigenvalue weighted by molar-refractivity contribution is 5.80. The second-order valence-electron chi connectivity index (χ2n) is 6.66. The van der Waals surface area contributed by atoms with E-state index in [4.69, 9.17) is 0 Å². The SMILES string of the molecule is CC(C)CC(CNC(=O)CCn1[nH]c(=O)c2ccccc2c1=O)C(=O)O. The number of aryl methyl sites for hydroxylation is 1. The summed E-state index contributed by atoms with van der Waals surface area (Å²) in [6, 6.07) is 6.46. The molecule has 2 aromatic rings. The number of carbonyl (C=O) groups is 2. The van der Waals surface area contributed by atoms with Crippen molar-refractivity contribution in [2.45, 2.75) is 33.2 Å². The van der Waals surface area contributed by atoms with Crippen LogP contribution in [0.5, 0.6) is 0 Å². The van der Waals surface area contributed by atoms with Crippen LogP contribution in [0.4, 0.5) is 0 Å². The number of H-pyrrole nitrogens is 1. The Morgan fingerprint density at radius 3 is 2.46 bits per heavy atom. The van der Waals surface area contributed by atoms with Crippen LogP contribution in [0.3, 0.4) is 0 Å². The average Bonchev–Trinajstić information content (AvgIpc) is 2.60. The van der Waals surface area contributed by atoms with Crippen molar-refractivity contribution >= 4 is 22.6 Å². The smallest absolute Gasteiger partial charge is 0.308 e. The van der Waals surface area contributed by atoms with Crippen LogP contribution in [0.15, 0.2) is 33.9 Å². The Hall–Kier alpha value is -2.90. The molecule has 3 N–H and O–H groups in total. The summed E-state index contributed by atoms with van der Waals surface area (Å²) in [5.41, 5.74) is -0.778. The predicted molar refractivity (Wildman–Crippen MR) is 97.0 cm³/mol. The molecule has 1 amide bonds. The minimum Gasteiger partial charge on any atom is -0.481 e. The summed E-state index contributed by atoms with van der Waals surface area (Å²) >= 11 is 0. The molecular formula is C18H23N3O5. The number of nitrogens with zero attached hydrogens (tertiary/aromatic N) is 1. The zero-order valence-electron chi connectivity index (χ0n) is 14.8. The summed E-state index contributed by atoms with van der Waals surface area (Å²) in [5.74, 6) is -1.77. The summed E-state index contributed by atoms with van der Waals surface area (Å²) in [4.78, 5) is 47.5. The van der Waals surface area contributed by atoms with Crippen molar-refractivity contribution < 1.29 is 14.7 Å². The molecular weight excluding hydrogens is 338 g/mol. The number of aromatic nitrogens is 2. The fraction of sp³-hybridized carbons (Fsp3) is 0.444. The molecule has 0 saturated carbocycles. The van der Waals surface area contributed by atoms with Crippen molar-refractivity contribution in [2.75, 3.05) is 6.54 Å². The highest BCUT2D eigenvalue weighted by Gasteiger charge is 2.19. The Bertz CT molecular complexity index is 913. The number of carbonyl (C=O) groups excluding carboxylic acids is 1. The molecule has 0 aliphatic heterocycles. The molecule has 0 aliphatic rings. The van der Waals surface area contributed by atoms with Crippen LogP contribution in [-0.4, -0.2) is 33.3 Å². The summed E-state index contributed by atoms with van der Waals surface area (Å²) < 4.78 is 1.10. The van der Waals surface area contributed by atoms with Gasteiger partial charge in [-0.05, 0) is 24.5 Å². The Balaban J connectivity index is 2.00. The Kier molecular flexibility index (Phi) is 6.32. The van der Waals surface area contributed by atoms with Crippen LogP contribution in [0.2, 0.25) is 0 Å². The average molecular weight is 361 g/mol. The number of carboxylic acids is 1. The number of aliphatic carboxylic acids is 1. The maximum Gasteiger partial charge on any atom is 0.308 e. The summed E-state index contributed by atoms with van der Waals surface area (Å²) in [6.45, 7) is 3.88. The largest absolute Gasteiger partial charge is 0.481 e. The maximum atomic E-state index is 12.4. The first-order chi connectivity index (χ1) is 12.3. The quantitative estimate of drug-likeness (QED) is 0.646. The van der Waals surface area contributed by atoms with Gasteiger partial charge < -0.3 is 10.4 Å². The lowest BCUT2D eigenvalue weighted by Crippen LogP contribution is -2.35. The summed E-state index contributed by atoms with van der Waals surface area (Å²) in [5, 5.41) is 14.8. The highest BCUT2D eigenvalue weighted by atomic mass is 16.4. The Labute approximate surface area is 149 Å². The minimum absolute atomic E-state index is 0.00661. The number of hydrogen-bond donors (Lipinski definition) is 3. The molecule has 1 aromatic heterocycles. The number of fused-ring (bicyclic) bond motifs is 1. The number of amides is 1. The van der Waals surface area contributed by atoms with Gasteiger partial charge in [-0.25, -0.2) is 4.68 Å². The van der Waals surface area contributed by atoms with Crippen molar-refractivity contribution in [3.05, 3.63) is 45.0 Å². The van der Waals surface area contributed by atoms with E-state index in [1.54, 1.807) is 24.3 Å². The van der Waals surface area contributed by atoms with Crippen LogP contribution >= 0.6 is 0 Å². The molecule has 140 valence electrons. The van der Waals surface area contributed by atoms with E-state index in [-0.39, 0.29) is 36.9 Å². The zero-order valence-corrected chi connectivity index (χ0v) is 14.8. The van der Waals surface area contributed by atoms with Crippen molar-refractivity contribution in [2.24, 2.45) is 11.8 Å². The lowest BCUT2D eigenvalue weighted by molar-refractivity contribution is -0.142. The molecule has 2 rings (SSSR count). The van der Waals surface area contributed by atoms with Crippen molar-refractivity contribution in [1.29, 1.82) is 0 Å². The molecule has 1 aromatic carbocycles. The van der Waals surface area contributed by atoms with Crippen molar-refractivity contribution in [1.82, 2.24) is 15.1 Å². The maximum absolute atomic E-state index is 12.4. The third-order valence-electron chi connectivity index (χ3n) is 4.10. The number of benzene rings is 1. The number of rotatable bonds is 8. The van der Waals surface area contributed by atoms with Crippen LogP contribution in [-0.2, 0) is 16.1 Å². The Morgan fingerprint density at radius 1 is 1.19 bits per heavy atom. The lowest BCUT2D eigenvalue weighted by atomic mass is 9.97. The molecule has 8 nitrogen and oxygen atoms in total. The van der Waals surface area contributed by atoms with E-state index in [0.29, 0.717) is 17.2 Å². The van der Waals surface area contributed by atoms with Gasteiger partial charge in [0.15, 0.2) is 0 Å². The molecule has 1 atom stereocenters. The Morgan fingerprint density at radius 2 is 1.85 bits per heavy atom. The second kappa shape index (κ2) is 8.46. The first kappa shape index (κ1) is 19.4. The van der Waals surface area contributed by atoms with Crippen LogP contribution < -0.4 is 16.4 Å². The molecule has 0 bridgehead atoms. The van der Waals surface area contributed by atoms with E-state index in [2.05, 4.69) is 10.4 Å². The van der Waals surface area contributed by atoms with Gasteiger partial charge in [-0.3, -0.25) is 24.3 Å². The summed E-state index contributed by atoms with van der Waals surface area (Å²) in [6.07, 6.45) is 0.426. The molecule has 0 saturated heterocycles. The molecule has 0 spiro atoms. The highest BCUT2D eigenvalue weighted by Crippen LogP contribution is 2.11.